The summed E-state index contributed by atoms with van der Waals surface area (Å²) >= 11 is 3.00. The van der Waals surface area contributed by atoms with Crippen LogP contribution in [0.1, 0.15) is 16.2 Å². The number of benzene rings is 1. The number of aromatic nitrogens is 3. The molecule has 1 aromatic carbocycles. The first kappa shape index (κ1) is 15.8. The second-order valence-corrected chi connectivity index (χ2v) is 6.98. The van der Waals surface area contributed by atoms with E-state index in [9.17, 15) is 4.79 Å². The van der Waals surface area contributed by atoms with Gasteiger partial charge in [-0.3, -0.25) is 4.79 Å². The number of hydrogen-bond acceptors (Lipinski definition) is 7. The molecule has 0 saturated carbocycles. The smallest absolute Gasteiger partial charge is 0.249 e. The highest BCUT2D eigenvalue weighted by atomic mass is 32.2. The fraction of sp³-hybridized carbons (Fsp3) is 0.0588. The van der Waals surface area contributed by atoms with E-state index in [0.717, 1.165) is 16.5 Å². The van der Waals surface area contributed by atoms with Crippen LogP contribution in [0.5, 0.6) is 0 Å². The molecule has 0 aliphatic rings. The van der Waals surface area contributed by atoms with Crippen LogP contribution in [0, 0.1) is 0 Å². The van der Waals surface area contributed by atoms with E-state index in [2.05, 4.69) is 15.1 Å². The molecule has 3 aromatic heterocycles. The average molecular weight is 368 g/mol. The van der Waals surface area contributed by atoms with Crippen molar-refractivity contribution in [2.45, 2.75) is 10.8 Å². The molecule has 1 amide bonds. The molecule has 4 rings (SSSR count). The molecule has 4 aromatic rings. The molecule has 0 bridgehead atoms. The molecule has 0 radical (unpaired) electrons. The maximum absolute atomic E-state index is 11.7. The first-order valence-electron chi connectivity index (χ1n) is 7.38. The summed E-state index contributed by atoms with van der Waals surface area (Å²) in [4.78, 5) is 20.7. The van der Waals surface area contributed by atoms with Crippen molar-refractivity contribution in [1.82, 2.24) is 15.1 Å². The van der Waals surface area contributed by atoms with Gasteiger partial charge in [0.1, 0.15) is 0 Å². The summed E-state index contributed by atoms with van der Waals surface area (Å²) in [5.41, 5.74) is 7.62. The molecule has 0 aliphatic carbocycles. The zero-order valence-corrected chi connectivity index (χ0v) is 14.5. The molecule has 0 unspecified atom stereocenters. The van der Waals surface area contributed by atoms with E-state index in [1.165, 1.54) is 11.8 Å². The predicted octanol–water partition coefficient (Wildman–Crippen LogP) is 3.74. The van der Waals surface area contributed by atoms with Crippen molar-refractivity contribution in [3.05, 3.63) is 58.6 Å². The lowest BCUT2D eigenvalue weighted by molar-refractivity contribution is 0.100. The average Bonchev–Trinajstić information content (AvgIpc) is 3.30. The minimum Gasteiger partial charge on any atom is -0.366 e. The Labute approximate surface area is 151 Å². The highest BCUT2D eigenvalue weighted by Crippen LogP contribution is 2.27. The summed E-state index contributed by atoms with van der Waals surface area (Å²) in [5, 5.41) is 9.34. The van der Waals surface area contributed by atoms with Crippen LogP contribution in [0.25, 0.3) is 22.3 Å². The first-order valence-corrected chi connectivity index (χ1v) is 9.31. The molecule has 0 fully saturated rings. The van der Waals surface area contributed by atoms with Crippen molar-refractivity contribution in [1.29, 1.82) is 0 Å². The molecular formula is C17H12N4O2S2. The number of amides is 1. The SMILES string of the molecule is NC(=O)c1cc(SCc2nc(-c3ccsc3)no2)nc2ccccc12. The molecule has 3 heterocycles. The van der Waals surface area contributed by atoms with Crippen LogP contribution in [0.15, 0.2) is 56.7 Å². The molecule has 8 heteroatoms. The summed E-state index contributed by atoms with van der Waals surface area (Å²) in [6.45, 7) is 0. The van der Waals surface area contributed by atoms with E-state index in [4.69, 9.17) is 10.3 Å². The van der Waals surface area contributed by atoms with Crippen molar-refractivity contribution in [2.24, 2.45) is 5.73 Å². The van der Waals surface area contributed by atoms with Gasteiger partial charge in [-0.15, -0.1) is 0 Å². The van der Waals surface area contributed by atoms with Crippen LogP contribution < -0.4 is 5.73 Å². The van der Waals surface area contributed by atoms with E-state index in [1.807, 2.05) is 41.1 Å². The van der Waals surface area contributed by atoms with Crippen LogP contribution >= 0.6 is 23.1 Å². The van der Waals surface area contributed by atoms with Gasteiger partial charge < -0.3 is 10.3 Å². The zero-order valence-electron chi connectivity index (χ0n) is 12.9. The van der Waals surface area contributed by atoms with Gasteiger partial charge >= 0.3 is 0 Å². The van der Waals surface area contributed by atoms with Crippen molar-refractivity contribution >= 4 is 39.9 Å². The van der Waals surface area contributed by atoms with Crippen LogP contribution in [0.4, 0.5) is 0 Å². The van der Waals surface area contributed by atoms with E-state index in [1.54, 1.807) is 17.4 Å². The monoisotopic (exact) mass is 368 g/mol. The number of para-hydroxylation sites is 1. The second-order valence-electron chi connectivity index (χ2n) is 5.20. The number of nitrogens with zero attached hydrogens (tertiary/aromatic N) is 3. The van der Waals surface area contributed by atoms with E-state index >= 15 is 0 Å². The fourth-order valence-corrected chi connectivity index (χ4v) is 3.77. The lowest BCUT2D eigenvalue weighted by Crippen LogP contribution is -2.12. The molecule has 2 N–H and O–H groups in total. The number of pyridine rings is 1. The number of rotatable bonds is 5. The molecule has 0 saturated heterocycles. The molecule has 25 heavy (non-hydrogen) atoms. The van der Waals surface area contributed by atoms with Gasteiger partial charge in [0.25, 0.3) is 0 Å². The van der Waals surface area contributed by atoms with Crippen LogP contribution in [-0.2, 0) is 5.75 Å². The lowest BCUT2D eigenvalue weighted by atomic mass is 10.1. The van der Waals surface area contributed by atoms with Crippen molar-refractivity contribution < 1.29 is 9.32 Å². The molecule has 124 valence electrons. The van der Waals surface area contributed by atoms with Gasteiger partial charge in [-0.1, -0.05) is 35.1 Å². The number of primary amides is 1. The number of thioether (sulfide) groups is 1. The number of carbonyl (C=O) groups is 1. The Morgan fingerprint density at radius 2 is 2.12 bits per heavy atom. The van der Waals surface area contributed by atoms with E-state index < -0.39 is 5.91 Å². The molecule has 0 aliphatic heterocycles. The van der Waals surface area contributed by atoms with Crippen LogP contribution in [0.3, 0.4) is 0 Å². The summed E-state index contributed by atoms with van der Waals surface area (Å²) in [7, 11) is 0. The summed E-state index contributed by atoms with van der Waals surface area (Å²) in [6.07, 6.45) is 0. The predicted molar refractivity (Wildman–Crippen MR) is 97.4 cm³/mol. The minimum atomic E-state index is -0.474. The van der Waals surface area contributed by atoms with Gasteiger partial charge in [-0.2, -0.15) is 16.3 Å². The first-order chi connectivity index (χ1) is 12.2. The number of nitrogens with two attached hydrogens (primary N) is 1. The topological polar surface area (TPSA) is 94.9 Å². The van der Waals surface area contributed by atoms with Crippen molar-refractivity contribution in [2.75, 3.05) is 0 Å². The maximum Gasteiger partial charge on any atom is 0.249 e. The Hall–Kier alpha value is -2.71. The molecule has 6 nitrogen and oxygen atoms in total. The third kappa shape index (κ3) is 3.26. The summed E-state index contributed by atoms with van der Waals surface area (Å²) < 4.78 is 5.28. The third-order valence-electron chi connectivity index (χ3n) is 3.55. The highest BCUT2D eigenvalue weighted by molar-refractivity contribution is 7.98. The molecule has 0 spiro atoms. The van der Waals surface area contributed by atoms with Gasteiger partial charge in [-0.05, 0) is 23.6 Å². The quantitative estimate of drug-likeness (QED) is 0.539. The summed E-state index contributed by atoms with van der Waals surface area (Å²) in [6, 6.07) is 11.1. The highest BCUT2D eigenvalue weighted by Gasteiger charge is 2.13. The standard InChI is InChI=1S/C17H12N4O2S2/c18-16(22)12-7-15(19-13-4-2-1-3-11(12)13)25-9-14-20-17(21-23-14)10-5-6-24-8-10/h1-8H,9H2,(H2,18,22). The van der Waals surface area contributed by atoms with Gasteiger partial charge in [0.15, 0.2) is 0 Å². The van der Waals surface area contributed by atoms with E-state index in [-0.39, 0.29) is 0 Å². The van der Waals surface area contributed by atoms with Gasteiger partial charge in [0.2, 0.25) is 17.6 Å². The molecular weight excluding hydrogens is 356 g/mol. The number of carbonyl (C=O) groups excluding carboxylic acids is 1. The van der Waals surface area contributed by atoms with Crippen molar-refractivity contribution in [3.63, 3.8) is 0 Å². The maximum atomic E-state index is 11.7. The Bertz CT molecular complexity index is 1040. The van der Waals surface area contributed by atoms with Gasteiger partial charge in [-0.25, -0.2) is 4.98 Å². The largest absolute Gasteiger partial charge is 0.366 e. The van der Waals surface area contributed by atoms with Gasteiger partial charge in [0.05, 0.1) is 21.9 Å². The number of fused-ring (bicyclic) bond motifs is 1. The number of hydrogen-bond donors (Lipinski definition) is 1. The third-order valence-corrected chi connectivity index (χ3v) is 5.13. The molecule has 0 atom stereocenters. The Kier molecular flexibility index (Phi) is 4.21. The Morgan fingerprint density at radius 3 is 2.92 bits per heavy atom. The minimum absolute atomic E-state index is 0.456. The van der Waals surface area contributed by atoms with Crippen molar-refractivity contribution in [3.8, 4) is 11.4 Å². The normalized spacial score (nSPS) is 11.0. The second kappa shape index (κ2) is 6.66. The van der Waals surface area contributed by atoms with Gasteiger partial charge in [0, 0.05) is 16.3 Å². The van der Waals surface area contributed by atoms with Crippen LogP contribution in [-0.4, -0.2) is 21.0 Å². The Balaban J connectivity index is 1.58. The number of thiophene rings is 1. The lowest BCUT2D eigenvalue weighted by Gasteiger charge is -2.06. The zero-order chi connectivity index (χ0) is 17.2. The summed E-state index contributed by atoms with van der Waals surface area (Å²) in [5.74, 6) is 1.06. The fourth-order valence-electron chi connectivity index (χ4n) is 2.39. The Morgan fingerprint density at radius 1 is 1.24 bits per heavy atom. The van der Waals surface area contributed by atoms with E-state index in [0.29, 0.717) is 28.1 Å². The van der Waals surface area contributed by atoms with Crippen LogP contribution in [0.2, 0.25) is 0 Å².